The zero-order chi connectivity index (χ0) is 12.1. The molecule has 5 heteroatoms. The molecule has 16 heavy (non-hydrogen) atoms. The van der Waals surface area contributed by atoms with E-state index in [1.165, 1.54) is 0 Å². The molecule has 0 radical (unpaired) electrons. The molecular weight excluding hydrogens is 340 g/mol. The highest BCUT2D eigenvalue weighted by atomic mass is 79.9. The summed E-state index contributed by atoms with van der Waals surface area (Å²) in [6.07, 6.45) is 0.468. The first-order valence-corrected chi connectivity index (χ1v) is 6.73. The Morgan fingerprint density at radius 1 is 1.44 bits per heavy atom. The molecule has 0 fully saturated rings. The van der Waals surface area contributed by atoms with Crippen molar-refractivity contribution in [1.82, 2.24) is 0 Å². The van der Waals surface area contributed by atoms with Crippen LogP contribution in [-0.2, 0) is 11.2 Å². The van der Waals surface area contributed by atoms with E-state index in [2.05, 4.69) is 31.9 Å². The number of aliphatic hydroxyl groups is 1. The Hall–Kier alpha value is -0.390. The fourth-order valence-corrected chi connectivity index (χ4v) is 2.21. The Morgan fingerprint density at radius 3 is 2.62 bits per heavy atom. The predicted octanol–water partition coefficient (Wildman–Crippen LogP) is 2.89. The van der Waals surface area contributed by atoms with Crippen LogP contribution in [0.15, 0.2) is 22.7 Å². The van der Waals surface area contributed by atoms with Gasteiger partial charge in [0.2, 0.25) is 0 Å². The van der Waals surface area contributed by atoms with Gasteiger partial charge in [-0.05, 0) is 30.0 Å². The van der Waals surface area contributed by atoms with Crippen LogP contribution >= 0.6 is 31.9 Å². The summed E-state index contributed by atoms with van der Waals surface area (Å²) in [6, 6.07) is 5.14. The van der Waals surface area contributed by atoms with Gasteiger partial charge in [-0.3, -0.25) is 0 Å². The molecule has 0 aliphatic carbocycles. The van der Waals surface area contributed by atoms with Crippen molar-refractivity contribution in [3.05, 3.63) is 33.8 Å². The van der Waals surface area contributed by atoms with Crippen LogP contribution in [0.3, 0.4) is 0 Å². The molecule has 2 N–H and O–H groups in total. The van der Waals surface area contributed by atoms with E-state index in [1.54, 1.807) is 12.1 Å². The Bertz CT molecular complexity index is 379. The number of hydrogen-bond acceptors (Lipinski definition) is 2. The summed E-state index contributed by atoms with van der Waals surface area (Å²) in [4.78, 5) is 10.6. The fourth-order valence-electron chi connectivity index (χ4n) is 1.34. The highest BCUT2D eigenvalue weighted by Gasteiger charge is 2.16. The summed E-state index contributed by atoms with van der Waals surface area (Å²) < 4.78 is 0.839. The number of halogens is 2. The van der Waals surface area contributed by atoms with Crippen molar-refractivity contribution in [3.63, 3.8) is 0 Å². The minimum Gasteiger partial charge on any atom is -0.479 e. The van der Waals surface area contributed by atoms with Gasteiger partial charge in [-0.25, -0.2) is 4.79 Å². The second-order valence-corrected chi connectivity index (χ2v) is 5.03. The molecule has 0 amide bonds. The summed E-state index contributed by atoms with van der Waals surface area (Å²) in [5.41, 5.74) is 1.50. The summed E-state index contributed by atoms with van der Waals surface area (Å²) >= 11 is 6.73. The molecule has 0 heterocycles. The number of benzene rings is 1. The van der Waals surface area contributed by atoms with E-state index >= 15 is 0 Å². The Kier molecular flexibility index (Phi) is 5.44. The maximum Gasteiger partial charge on any atom is 0.337 e. The van der Waals surface area contributed by atoms with Gasteiger partial charge < -0.3 is 10.2 Å². The summed E-state index contributed by atoms with van der Waals surface area (Å²) in [5, 5.41) is 19.0. The molecule has 1 aromatic rings. The van der Waals surface area contributed by atoms with Gasteiger partial charge in [0, 0.05) is 9.80 Å². The lowest BCUT2D eigenvalue weighted by Gasteiger charge is -2.09. The van der Waals surface area contributed by atoms with Crippen LogP contribution in [-0.4, -0.2) is 21.5 Å². The highest BCUT2D eigenvalue weighted by molar-refractivity contribution is 9.10. The van der Waals surface area contributed by atoms with E-state index in [-0.39, 0.29) is 0 Å². The number of aliphatic carboxylic acids is 1. The average molecular weight is 352 g/mol. The van der Waals surface area contributed by atoms with Gasteiger partial charge in [0.15, 0.2) is 6.10 Å². The van der Waals surface area contributed by atoms with E-state index in [0.29, 0.717) is 5.56 Å². The van der Waals surface area contributed by atoms with Gasteiger partial charge in [0.25, 0.3) is 0 Å². The van der Waals surface area contributed by atoms with Gasteiger partial charge >= 0.3 is 5.97 Å². The lowest BCUT2D eigenvalue weighted by atomic mass is 10.0. The normalized spacial score (nSPS) is 12.4. The third kappa shape index (κ3) is 3.57. The zero-order valence-corrected chi connectivity index (χ0v) is 11.7. The second-order valence-electron chi connectivity index (χ2n) is 3.38. The maximum absolute atomic E-state index is 10.6. The number of carbonyl (C=O) groups is 1. The number of aryl methyl sites for hydroxylation is 1. The number of carboxylic acid groups (broad SMARTS) is 1. The van der Waals surface area contributed by atoms with Crippen molar-refractivity contribution in [2.75, 3.05) is 5.33 Å². The summed E-state index contributed by atoms with van der Waals surface area (Å²) in [5.74, 6) is -1.24. The Labute approximate surface area is 111 Å². The van der Waals surface area contributed by atoms with Gasteiger partial charge in [0.1, 0.15) is 0 Å². The fraction of sp³-hybridized carbons (Fsp3) is 0.364. The SMILES string of the molecule is O=C(O)C(O)c1ccc(CCCBr)c(Br)c1. The third-order valence-corrected chi connectivity index (χ3v) is 3.51. The number of aliphatic hydroxyl groups excluding tert-OH is 1. The molecule has 1 aromatic carbocycles. The average Bonchev–Trinajstić information content (AvgIpc) is 2.26. The van der Waals surface area contributed by atoms with Crippen molar-refractivity contribution in [2.45, 2.75) is 18.9 Å². The van der Waals surface area contributed by atoms with Crippen molar-refractivity contribution in [2.24, 2.45) is 0 Å². The summed E-state index contributed by atoms with van der Waals surface area (Å²) in [6.45, 7) is 0. The van der Waals surface area contributed by atoms with E-state index < -0.39 is 12.1 Å². The van der Waals surface area contributed by atoms with Crippen LogP contribution in [0.2, 0.25) is 0 Å². The minimum atomic E-state index is -1.46. The van der Waals surface area contributed by atoms with Crippen LogP contribution in [0.25, 0.3) is 0 Å². The molecule has 0 aromatic heterocycles. The van der Waals surface area contributed by atoms with Gasteiger partial charge in [-0.2, -0.15) is 0 Å². The number of alkyl halides is 1. The van der Waals surface area contributed by atoms with Gasteiger partial charge in [-0.1, -0.05) is 44.0 Å². The third-order valence-electron chi connectivity index (χ3n) is 2.21. The van der Waals surface area contributed by atoms with Crippen LogP contribution in [0.5, 0.6) is 0 Å². The quantitative estimate of drug-likeness (QED) is 0.802. The number of rotatable bonds is 5. The zero-order valence-electron chi connectivity index (χ0n) is 8.49. The van der Waals surface area contributed by atoms with Gasteiger partial charge in [-0.15, -0.1) is 0 Å². The highest BCUT2D eigenvalue weighted by Crippen LogP contribution is 2.23. The van der Waals surface area contributed by atoms with E-state index in [0.717, 1.165) is 28.2 Å². The molecule has 3 nitrogen and oxygen atoms in total. The van der Waals surface area contributed by atoms with E-state index in [4.69, 9.17) is 5.11 Å². The molecule has 0 bridgehead atoms. The lowest BCUT2D eigenvalue weighted by molar-refractivity contribution is -0.146. The smallest absolute Gasteiger partial charge is 0.337 e. The van der Waals surface area contributed by atoms with Crippen LogP contribution in [0.1, 0.15) is 23.7 Å². The summed E-state index contributed by atoms with van der Waals surface area (Å²) in [7, 11) is 0. The van der Waals surface area contributed by atoms with E-state index in [1.807, 2.05) is 6.07 Å². The first-order valence-electron chi connectivity index (χ1n) is 4.81. The molecule has 1 rings (SSSR count). The van der Waals surface area contributed by atoms with Crippen molar-refractivity contribution in [3.8, 4) is 0 Å². The molecule has 1 atom stereocenters. The first kappa shape index (κ1) is 13.7. The molecule has 1 unspecified atom stereocenters. The van der Waals surface area contributed by atoms with Gasteiger partial charge in [0.05, 0.1) is 0 Å². The standard InChI is InChI=1S/C11H12Br2O3/c12-5-1-2-7-3-4-8(6-9(7)13)10(14)11(15)16/h3-4,6,10,14H,1-2,5H2,(H,15,16). The monoisotopic (exact) mass is 350 g/mol. The molecular formula is C11H12Br2O3. The molecule has 0 spiro atoms. The maximum atomic E-state index is 10.6. The number of carboxylic acids is 1. The van der Waals surface area contributed by atoms with Crippen LogP contribution in [0.4, 0.5) is 0 Å². The molecule has 0 saturated heterocycles. The molecule has 88 valence electrons. The van der Waals surface area contributed by atoms with Crippen LogP contribution in [0, 0.1) is 0 Å². The topological polar surface area (TPSA) is 57.5 Å². The molecule has 0 aliphatic heterocycles. The molecule has 0 saturated carbocycles. The molecule has 0 aliphatic rings. The van der Waals surface area contributed by atoms with Crippen molar-refractivity contribution < 1.29 is 15.0 Å². The minimum absolute atomic E-state index is 0.391. The predicted molar refractivity (Wildman–Crippen MR) is 68.9 cm³/mol. The van der Waals surface area contributed by atoms with Crippen molar-refractivity contribution in [1.29, 1.82) is 0 Å². The lowest BCUT2D eigenvalue weighted by Crippen LogP contribution is -2.10. The Morgan fingerprint density at radius 2 is 2.12 bits per heavy atom. The number of hydrogen-bond donors (Lipinski definition) is 2. The second kappa shape index (κ2) is 6.37. The van der Waals surface area contributed by atoms with E-state index in [9.17, 15) is 9.90 Å². The largest absolute Gasteiger partial charge is 0.479 e. The van der Waals surface area contributed by atoms with Crippen molar-refractivity contribution >= 4 is 37.8 Å². The first-order chi connectivity index (χ1) is 7.56. The Balaban J connectivity index is 2.86. The van der Waals surface area contributed by atoms with Crippen LogP contribution < -0.4 is 0 Å².